The predicted molar refractivity (Wildman–Crippen MR) is 111 cm³/mol. The van der Waals surface area contributed by atoms with Gasteiger partial charge >= 0.3 is 0 Å². The summed E-state index contributed by atoms with van der Waals surface area (Å²) < 4.78 is 0. The summed E-state index contributed by atoms with van der Waals surface area (Å²) in [7, 11) is 0. The Morgan fingerprint density at radius 1 is 1.00 bits per heavy atom. The van der Waals surface area contributed by atoms with Crippen LogP contribution in [0.1, 0.15) is 16.8 Å². The van der Waals surface area contributed by atoms with E-state index >= 15 is 0 Å². The highest BCUT2D eigenvalue weighted by Gasteiger charge is 2.20. The van der Waals surface area contributed by atoms with E-state index in [0.29, 0.717) is 0 Å². The molecule has 28 heavy (non-hydrogen) atoms. The van der Waals surface area contributed by atoms with Crippen LogP contribution in [0.3, 0.4) is 0 Å². The number of nitrogens with zero attached hydrogens (tertiary/aromatic N) is 5. The fourth-order valence-corrected chi connectivity index (χ4v) is 4.25. The standard InChI is InChI=1S/C22H19N5S/c1-3-16(11-23-7-1)22-25-12-19-14-27(9-5-20(19)26-22)13-17-4-2-8-24-21(17)18-6-10-28-15-18/h1-4,6-8,10-12,15H,5,9,13-14H2. The molecular weight excluding hydrogens is 366 g/mol. The van der Waals surface area contributed by atoms with Gasteiger partial charge in [-0.25, -0.2) is 9.97 Å². The van der Waals surface area contributed by atoms with E-state index in [4.69, 9.17) is 4.98 Å². The fraction of sp³-hybridized carbons (Fsp3) is 0.182. The molecule has 0 aliphatic carbocycles. The van der Waals surface area contributed by atoms with Crippen LogP contribution < -0.4 is 0 Å². The minimum Gasteiger partial charge on any atom is -0.294 e. The minimum absolute atomic E-state index is 0.757. The van der Waals surface area contributed by atoms with Gasteiger partial charge in [-0.2, -0.15) is 11.3 Å². The number of pyridine rings is 2. The molecule has 5 heterocycles. The fourth-order valence-electron chi connectivity index (χ4n) is 3.61. The molecule has 5 nitrogen and oxygen atoms in total. The van der Waals surface area contributed by atoms with Crippen LogP contribution in [-0.4, -0.2) is 31.4 Å². The lowest BCUT2D eigenvalue weighted by Gasteiger charge is -2.28. The number of hydrogen-bond acceptors (Lipinski definition) is 6. The van der Waals surface area contributed by atoms with Crippen LogP contribution in [0.2, 0.25) is 0 Å². The Bertz CT molecular complexity index is 1080. The Labute approximate surface area is 167 Å². The Morgan fingerprint density at radius 2 is 1.96 bits per heavy atom. The second-order valence-corrected chi connectivity index (χ2v) is 7.67. The van der Waals surface area contributed by atoms with Crippen LogP contribution in [0, 0.1) is 0 Å². The van der Waals surface area contributed by atoms with Gasteiger partial charge in [-0.05, 0) is 35.2 Å². The molecule has 4 aromatic rings. The van der Waals surface area contributed by atoms with Crippen molar-refractivity contribution in [1.29, 1.82) is 0 Å². The van der Waals surface area contributed by atoms with Crippen LogP contribution >= 0.6 is 11.3 Å². The van der Waals surface area contributed by atoms with Gasteiger partial charge in [0.2, 0.25) is 0 Å². The van der Waals surface area contributed by atoms with E-state index in [1.54, 1.807) is 17.5 Å². The van der Waals surface area contributed by atoms with Crippen LogP contribution in [-0.2, 0) is 19.5 Å². The van der Waals surface area contributed by atoms with Crippen molar-refractivity contribution in [2.45, 2.75) is 19.5 Å². The molecule has 0 radical (unpaired) electrons. The largest absolute Gasteiger partial charge is 0.294 e. The Morgan fingerprint density at radius 3 is 2.82 bits per heavy atom. The molecule has 1 aliphatic heterocycles. The van der Waals surface area contributed by atoms with Gasteiger partial charge in [0.15, 0.2) is 5.82 Å². The zero-order valence-corrected chi connectivity index (χ0v) is 16.1. The van der Waals surface area contributed by atoms with E-state index in [9.17, 15) is 0 Å². The Balaban J connectivity index is 1.36. The molecule has 0 saturated heterocycles. The number of aromatic nitrogens is 4. The van der Waals surface area contributed by atoms with Gasteiger partial charge < -0.3 is 0 Å². The van der Waals surface area contributed by atoms with Crippen molar-refractivity contribution in [3.63, 3.8) is 0 Å². The van der Waals surface area contributed by atoms with Crippen molar-refractivity contribution in [2.24, 2.45) is 0 Å². The van der Waals surface area contributed by atoms with Crippen LogP contribution in [0.15, 0.2) is 65.9 Å². The molecule has 0 spiro atoms. The van der Waals surface area contributed by atoms with E-state index in [-0.39, 0.29) is 0 Å². The molecule has 138 valence electrons. The first-order valence-corrected chi connectivity index (χ1v) is 10.2. The van der Waals surface area contributed by atoms with E-state index in [2.05, 4.69) is 42.7 Å². The molecule has 0 unspecified atom stereocenters. The van der Waals surface area contributed by atoms with Crippen LogP contribution in [0.25, 0.3) is 22.6 Å². The summed E-state index contributed by atoms with van der Waals surface area (Å²) in [6, 6.07) is 10.2. The second kappa shape index (κ2) is 7.58. The SMILES string of the molecule is c1cncc(-c2ncc3c(n2)CCN(Cc2cccnc2-c2ccsc2)C3)c1. The first-order valence-electron chi connectivity index (χ1n) is 9.31. The number of thiophene rings is 1. The lowest BCUT2D eigenvalue weighted by atomic mass is 10.0. The van der Waals surface area contributed by atoms with E-state index in [1.807, 2.05) is 36.8 Å². The summed E-state index contributed by atoms with van der Waals surface area (Å²) in [5, 5.41) is 4.26. The normalized spacial score (nSPS) is 14.0. The zero-order chi connectivity index (χ0) is 18.8. The summed E-state index contributed by atoms with van der Waals surface area (Å²) in [5.74, 6) is 0.757. The van der Waals surface area contributed by atoms with Crippen LogP contribution in [0.4, 0.5) is 0 Å². The number of fused-ring (bicyclic) bond motifs is 1. The summed E-state index contributed by atoms with van der Waals surface area (Å²) in [6.07, 6.45) is 8.35. The van der Waals surface area contributed by atoms with Crippen molar-refractivity contribution >= 4 is 11.3 Å². The quantitative estimate of drug-likeness (QED) is 0.526. The number of hydrogen-bond donors (Lipinski definition) is 0. The highest BCUT2D eigenvalue weighted by molar-refractivity contribution is 7.08. The average molecular weight is 385 g/mol. The third kappa shape index (κ3) is 3.44. The molecule has 0 saturated carbocycles. The lowest BCUT2D eigenvalue weighted by Crippen LogP contribution is -2.31. The minimum atomic E-state index is 0.757. The van der Waals surface area contributed by atoms with Gasteiger partial charge in [0, 0.05) is 72.9 Å². The Kier molecular flexibility index (Phi) is 4.64. The van der Waals surface area contributed by atoms with E-state index in [1.165, 1.54) is 16.7 Å². The Hall–Kier alpha value is -2.96. The van der Waals surface area contributed by atoms with Crippen molar-refractivity contribution in [3.05, 3.63) is 82.7 Å². The molecule has 0 aromatic carbocycles. The van der Waals surface area contributed by atoms with E-state index in [0.717, 1.165) is 48.8 Å². The predicted octanol–water partition coefficient (Wildman–Crippen LogP) is 4.22. The topological polar surface area (TPSA) is 54.8 Å². The van der Waals surface area contributed by atoms with Gasteiger partial charge in [-0.1, -0.05) is 6.07 Å². The third-order valence-electron chi connectivity index (χ3n) is 5.01. The molecular formula is C22H19N5S. The summed E-state index contributed by atoms with van der Waals surface area (Å²) in [6.45, 7) is 2.72. The first kappa shape index (κ1) is 17.2. The van der Waals surface area contributed by atoms with Gasteiger partial charge in [0.05, 0.1) is 11.4 Å². The van der Waals surface area contributed by atoms with Crippen molar-refractivity contribution in [1.82, 2.24) is 24.8 Å². The van der Waals surface area contributed by atoms with E-state index < -0.39 is 0 Å². The van der Waals surface area contributed by atoms with Gasteiger partial charge in [0.25, 0.3) is 0 Å². The second-order valence-electron chi connectivity index (χ2n) is 6.89. The smallest absolute Gasteiger partial charge is 0.160 e. The summed E-state index contributed by atoms with van der Waals surface area (Å²) >= 11 is 1.70. The van der Waals surface area contributed by atoms with Gasteiger partial charge in [-0.15, -0.1) is 0 Å². The molecule has 1 aliphatic rings. The molecule has 6 heteroatoms. The molecule has 0 bridgehead atoms. The van der Waals surface area contributed by atoms with Gasteiger partial charge in [-0.3, -0.25) is 14.9 Å². The zero-order valence-electron chi connectivity index (χ0n) is 15.3. The van der Waals surface area contributed by atoms with Gasteiger partial charge in [0.1, 0.15) is 0 Å². The highest BCUT2D eigenvalue weighted by Crippen LogP contribution is 2.27. The highest BCUT2D eigenvalue weighted by atomic mass is 32.1. The molecule has 5 rings (SSSR count). The monoisotopic (exact) mass is 385 g/mol. The maximum atomic E-state index is 4.79. The number of rotatable bonds is 4. The molecule has 0 atom stereocenters. The summed E-state index contributed by atoms with van der Waals surface area (Å²) in [4.78, 5) is 20.6. The van der Waals surface area contributed by atoms with Crippen molar-refractivity contribution < 1.29 is 0 Å². The van der Waals surface area contributed by atoms with Crippen molar-refractivity contribution in [3.8, 4) is 22.6 Å². The molecule has 0 fully saturated rings. The molecule has 4 aromatic heterocycles. The van der Waals surface area contributed by atoms with Crippen LogP contribution in [0.5, 0.6) is 0 Å². The summed E-state index contributed by atoms with van der Waals surface area (Å²) in [5.41, 5.74) is 6.86. The lowest BCUT2D eigenvalue weighted by molar-refractivity contribution is 0.243. The molecule has 0 N–H and O–H groups in total. The van der Waals surface area contributed by atoms with Crippen molar-refractivity contribution in [2.75, 3.05) is 6.54 Å². The molecule has 0 amide bonds. The average Bonchev–Trinajstić information content (AvgIpc) is 3.29. The third-order valence-corrected chi connectivity index (χ3v) is 5.70. The maximum absolute atomic E-state index is 4.79. The first-order chi connectivity index (χ1) is 13.9. The maximum Gasteiger partial charge on any atom is 0.160 e.